The van der Waals surface area contributed by atoms with Crippen LogP contribution in [-0.4, -0.2) is 111 Å². The van der Waals surface area contributed by atoms with E-state index in [4.69, 9.17) is 9.47 Å². The average molecular weight is 906 g/mol. The molecule has 8 heteroatoms. The number of carbonyl (C=O) groups excluding carboxylic acids is 2. The van der Waals surface area contributed by atoms with E-state index < -0.39 is 0 Å². The van der Waals surface area contributed by atoms with Crippen LogP contribution in [0.15, 0.2) is 0 Å². The third-order valence-electron chi connectivity index (χ3n) is 13.8. The maximum absolute atomic E-state index is 13.6. The first kappa shape index (κ1) is 60.8. The molecule has 380 valence electrons. The molecule has 0 bridgehead atoms. The molecule has 0 saturated heterocycles. The molecular formula is C56H112N4O4. The van der Waals surface area contributed by atoms with Crippen LogP contribution in [0.1, 0.15) is 266 Å². The number of hydrogen-bond donors (Lipinski definition) is 1. The Kier molecular flexibility index (Phi) is 44.5. The van der Waals surface area contributed by atoms with E-state index in [0.717, 1.165) is 84.3 Å². The van der Waals surface area contributed by atoms with Crippen LogP contribution in [0.3, 0.4) is 0 Å². The number of hydrogen-bond acceptors (Lipinski definition) is 8. The van der Waals surface area contributed by atoms with Crippen LogP contribution < -0.4 is 5.32 Å². The standard InChI is InChI=1S/C56H112N4O4/c1-6-11-16-21-25-29-34-44-58(45-35-30-26-22-17-12-7-2)49-50-60(48-43-57-42-33-20-15-10-5)52-56(62)64-54-40-38-53(39-41-54)63-55(61)51-59(46-36-31-27-23-18-13-8-3)47-37-32-28-24-19-14-9-4/h53-54,57H,6-52H2,1-5H3. The Hall–Kier alpha value is -1.22. The Balaban J connectivity index is 2.68. The van der Waals surface area contributed by atoms with Gasteiger partial charge >= 0.3 is 11.9 Å². The van der Waals surface area contributed by atoms with Crippen molar-refractivity contribution in [3.8, 4) is 0 Å². The summed E-state index contributed by atoms with van der Waals surface area (Å²) in [6.45, 7) is 21.2. The van der Waals surface area contributed by atoms with Crippen molar-refractivity contribution in [2.45, 2.75) is 278 Å². The van der Waals surface area contributed by atoms with Gasteiger partial charge in [0.1, 0.15) is 12.2 Å². The maximum atomic E-state index is 13.6. The van der Waals surface area contributed by atoms with Crippen molar-refractivity contribution in [1.29, 1.82) is 0 Å². The summed E-state index contributed by atoms with van der Waals surface area (Å²) in [5, 5.41) is 3.66. The second-order valence-corrected chi connectivity index (χ2v) is 20.1. The van der Waals surface area contributed by atoms with Crippen LogP contribution in [-0.2, 0) is 19.1 Å². The smallest absolute Gasteiger partial charge is 0.320 e. The number of esters is 2. The second-order valence-electron chi connectivity index (χ2n) is 20.1. The molecule has 8 nitrogen and oxygen atoms in total. The number of ether oxygens (including phenoxy) is 2. The number of rotatable bonds is 49. The van der Waals surface area contributed by atoms with Gasteiger partial charge in [-0.1, -0.05) is 208 Å². The van der Waals surface area contributed by atoms with Crippen LogP contribution in [0.25, 0.3) is 0 Å². The number of nitrogens with one attached hydrogen (secondary N) is 1. The Morgan fingerprint density at radius 2 is 0.625 bits per heavy atom. The van der Waals surface area contributed by atoms with Crippen molar-refractivity contribution in [3.63, 3.8) is 0 Å². The van der Waals surface area contributed by atoms with Crippen molar-refractivity contribution >= 4 is 11.9 Å². The van der Waals surface area contributed by atoms with Crippen LogP contribution in [0.4, 0.5) is 0 Å². The molecule has 0 amide bonds. The summed E-state index contributed by atoms with van der Waals surface area (Å²) in [6, 6.07) is 0. The molecular weight excluding hydrogens is 793 g/mol. The molecule has 0 unspecified atom stereocenters. The minimum Gasteiger partial charge on any atom is -0.461 e. The Labute approximate surface area is 399 Å². The normalized spacial score (nSPS) is 15.5. The minimum atomic E-state index is -0.0968. The van der Waals surface area contributed by atoms with Gasteiger partial charge in [-0.05, 0) is 90.5 Å². The van der Waals surface area contributed by atoms with Gasteiger partial charge in [-0.15, -0.1) is 0 Å². The van der Waals surface area contributed by atoms with Crippen molar-refractivity contribution in [2.75, 3.05) is 72.0 Å². The lowest BCUT2D eigenvalue weighted by atomic mass is 9.95. The zero-order chi connectivity index (χ0) is 46.4. The van der Waals surface area contributed by atoms with Gasteiger partial charge in [0.25, 0.3) is 0 Å². The summed E-state index contributed by atoms with van der Waals surface area (Å²) in [5.41, 5.74) is 0. The summed E-state index contributed by atoms with van der Waals surface area (Å²) < 4.78 is 12.3. The third kappa shape index (κ3) is 38.8. The fourth-order valence-electron chi connectivity index (χ4n) is 9.45. The number of carbonyl (C=O) groups is 2. The minimum absolute atomic E-state index is 0.0694. The molecule has 1 rings (SSSR count). The van der Waals surface area contributed by atoms with Gasteiger partial charge in [0.05, 0.1) is 13.1 Å². The number of unbranched alkanes of at least 4 members (excludes halogenated alkanes) is 27. The largest absolute Gasteiger partial charge is 0.461 e. The highest BCUT2D eigenvalue weighted by Crippen LogP contribution is 2.24. The number of nitrogens with zero attached hydrogens (tertiary/aromatic N) is 3. The lowest BCUT2D eigenvalue weighted by Gasteiger charge is -2.30. The van der Waals surface area contributed by atoms with Gasteiger partial charge in [0.15, 0.2) is 0 Å². The van der Waals surface area contributed by atoms with E-state index >= 15 is 0 Å². The van der Waals surface area contributed by atoms with Gasteiger partial charge < -0.3 is 19.7 Å². The van der Waals surface area contributed by atoms with E-state index in [2.05, 4.69) is 54.6 Å². The molecule has 1 fully saturated rings. The molecule has 64 heavy (non-hydrogen) atoms. The zero-order valence-electron chi connectivity index (χ0n) is 43.9. The third-order valence-corrected chi connectivity index (χ3v) is 13.8. The SMILES string of the molecule is CCCCCCCCCN(CCCCCCCCC)CCN(CCNCCCCCC)CC(=O)OC1CCC(OC(=O)CN(CCCCCCCCC)CCCCCCCCC)CC1. The van der Waals surface area contributed by atoms with E-state index in [1.54, 1.807) is 0 Å². The Bertz CT molecular complexity index is 956. The van der Waals surface area contributed by atoms with Crippen LogP contribution >= 0.6 is 0 Å². The van der Waals surface area contributed by atoms with Crippen LogP contribution in [0, 0.1) is 0 Å². The summed E-state index contributed by atoms with van der Waals surface area (Å²) in [6.07, 6.45) is 44.8. The fourth-order valence-corrected chi connectivity index (χ4v) is 9.45. The van der Waals surface area contributed by atoms with Gasteiger partial charge in [0.2, 0.25) is 0 Å². The van der Waals surface area contributed by atoms with Crippen LogP contribution in [0.2, 0.25) is 0 Å². The molecule has 0 heterocycles. The van der Waals surface area contributed by atoms with E-state index in [0.29, 0.717) is 13.1 Å². The highest BCUT2D eigenvalue weighted by Gasteiger charge is 2.27. The molecule has 0 aromatic carbocycles. The predicted molar refractivity (Wildman–Crippen MR) is 277 cm³/mol. The molecule has 1 aliphatic rings. The molecule has 1 aliphatic carbocycles. The molecule has 1 N–H and O–H groups in total. The quantitative estimate of drug-likeness (QED) is 0.0478. The second kappa shape index (κ2) is 46.9. The highest BCUT2D eigenvalue weighted by atomic mass is 16.6. The lowest BCUT2D eigenvalue weighted by Crippen LogP contribution is -2.43. The predicted octanol–water partition coefficient (Wildman–Crippen LogP) is 14.5. The lowest BCUT2D eigenvalue weighted by molar-refractivity contribution is -0.159. The molecule has 0 atom stereocenters. The van der Waals surface area contributed by atoms with Gasteiger partial charge in [0, 0.05) is 26.2 Å². The first-order valence-corrected chi connectivity index (χ1v) is 28.7. The van der Waals surface area contributed by atoms with Gasteiger partial charge in [-0.25, -0.2) is 0 Å². The zero-order valence-corrected chi connectivity index (χ0v) is 43.9. The van der Waals surface area contributed by atoms with Crippen LogP contribution in [0.5, 0.6) is 0 Å². The topological polar surface area (TPSA) is 74.4 Å². The first-order valence-electron chi connectivity index (χ1n) is 28.7. The van der Waals surface area contributed by atoms with Gasteiger partial charge in [-0.2, -0.15) is 0 Å². The molecule has 0 aliphatic heterocycles. The molecule has 0 aromatic rings. The Morgan fingerprint density at radius 1 is 0.344 bits per heavy atom. The summed E-state index contributed by atoms with van der Waals surface area (Å²) in [7, 11) is 0. The van der Waals surface area contributed by atoms with Crippen molar-refractivity contribution in [3.05, 3.63) is 0 Å². The summed E-state index contributed by atoms with van der Waals surface area (Å²) in [4.78, 5) is 34.2. The summed E-state index contributed by atoms with van der Waals surface area (Å²) in [5.74, 6) is -0.172. The van der Waals surface area contributed by atoms with Gasteiger partial charge in [-0.3, -0.25) is 19.4 Å². The van der Waals surface area contributed by atoms with E-state index in [-0.39, 0.29) is 24.1 Å². The fraction of sp³-hybridized carbons (Fsp3) is 0.964. The monoisotopic (exact) mass is 905 g/mol. The van der Waals surface area contributed by atoms with Crippen molar-refractivity contribution < 1.29 is 19.1 Å². The molecule has 1 saturated carbocycles. The molecule has 0 radical (unpaired) electrons. The summed E-state index contributed by atoms with van der Waals surface area (Å²) >= 11 is 0. The first-order chi connectivity index (χ1) is 31.4. The van der Waals surface area contributed by atoms with Crippen molar-refractivity contribution in [2.24, 2.45) is 0 Å². The van der Waals surface area contributed by atoms with E-state index in [1.165, 1.54) is 206 Å². The molecule has 0 aromatic heterocycles. The average Bonchev–Trinajstić information content (AvgIpc) is 3.29. The Morgan fingerprint density at radius 3 is 0.984 bits per heavy atom. The van der Waals surface area contributed by atoms with E-state index in [9.17, 15) is 9.59 Å². The maximum Gasteiger partial charge on any atom is 0.320 e. The molecule has 0 spiro atoms. The highest BCUT2D eigenvalue weighted by molar-refractivity contribution is 5.72. The van der Waals surface area contributed by atoms with Crippen molar-refractivity contribution in [1.82, 2.24) is 20.0 Å². The van der Waals surface area contributed by atoms with E-state index in [1.807, 2.05) is 0 Å².